The molecule has 5 nitrogen and oxygen atoms in total. The van der Waals surface area contributed by atoms with Gasteiger partial charge in [-0.25, -0.2) is 0 Å². The van der Waals surface area contributed by atoms with Gasteiger partial charge in [-0.3, -0.25) is 4.79 Å². The van der Waals surface area contributed by atoms with Crippen molar-refractivity contribution in [1.82, 2.24) is 0 Å². The number of amides is 1. The fourth-order valence-electron chi connectivity index (χ4n) is 2.75. The van der Waals surface area contributed by atoms with Crippen molar-refractivity contribution in [2.75, 3.05) is 30.9 Å². The lowest BCUT2D eigenvalue weighted by Crippen LogP contribution is -2.20. The van der Waals surface area contributed by atoms with Crippen LogP contribution in [0, 0.1) is 0 Å². The summed E-state index contributed by atoms with van der Waals surface area (Å²) in [5, 5.41) is 6.21. The first-order chi connectivity index (χ1) is 13.7. The maximum atomic E-state index is 12.1. The molecule has 0 bridgehead atoms. The Hall–Kier alpha value is -3.47. The van der Waals surface area contributed by atoms with Crippen molar-refractivity contribution in [3.63, 3.8) is 0 Å². The third-order valence-electron chi connectivity index (χ3n) is 4.18. The molecule has 3 rings (SSSR count). The third-order valence-corrected chi connectivity index (χ3v) is 4.18. The summed E-state index contributed by atoms with van der Waals surface area (Å²) in [6.07, 6.45) is 0.958. The molecule has 0 fully saturated rings. The predicted octanol–water partition coefficient (Wildman–Crippen LogP) is 4.37. The topological polar surface area (TPSA) is 59.6 Å². The minimum Gasteiger partial charge on any atom is -0.493 e. The maximum Gasteiger partial charge on any atom is 0.262 e. The van der Waals surface area contributed by atoms with Gasteiger partial charge in [-0.15, -0.1) is 0 Å². The fourth-order valence-corrected chi connectivity index (χ4v) is 2.75. The van der Waals surface area contributed by atoms with Crippen LogP contribution in [-0.4, -0.2) is 26.2 Å². The molecule has 0 saturated heterocycles. The number of nitrogens with one attached hydrogen (secondary N) is 2. The lowest BCUT2D eigenvalue weighted by atomic mass is 10.1. The summed E-state index contributed by atoms with van der Waals surface area (Å²) in [5.74, 6) is 0.912. The molecule has 0 spiro atoms. The van der Waals surface area contributed by atoms with Crippen molar-refractivity contribution in [3.8, 4) is 11.5 Å². The Bertz CT molecular complexity index is 880. The van der Waals surface area contributed by atoms with E-state index in [0.29, 0.717) is 11.5 Å². The third kappa shape index (κ3) is 5.77. The van der Waals surface area contributed by atoms with E-state index in [2.05, 4.69) is 22.8 Å². The summed E-state index contributed by atoms with van der Waals surface area (Å²) in [6, 6.07) is 25.2. The highest BCUT2D eigenvalue weighted by Crippen LogP contribution is 2.25. The molecule has 3 aromatic rings. The molecule has 0 saturated carbocycles. The quantitative estimate of drug-likeness (QED) is 0.582. The monoisotopic (exact) mass is 376 g/mol. The Kier molecular flexibility index (Phi) is 6.90. The fraction of sp³-hybridized carbons (Fsp3) is 0.174. The van der Waals surface area contributed by atoms with Crippen molar-refractivity contribution in [1.29, 1.82) is 0 Å². The Morgan fingerprint density at radius 3 is 2.18 bits per heavy atom. The van der Waals surface area contributed by atoms with Crippen molar-refractivity contribution >= 4 is 17.3 Å². The van der Waals surface area contributed by atoms with E-state index >= 15 is 0 Å². The first kappa shape index (κ1) is 19.3. The largest absolute Gasteiger partial charge is 0.493 e. The number of benzene rings is 3. The Morgan fingerprint density at radius 2 is 1.46 bits per heavy atom. The Morgan fingerprint density at radius 1 is 0.821 bits per heavy atom. The van der Waals surface area contributed by atoms with Crippen molar-refractivity contribution < 1.29 is 14.3 Å². The van der Waals surface area contributed by atoms with E-state index in [0.717, 1.165) is 24.3 Å². The molecule has 1 amide bonds. The van der Waals surface area contributed by atoms with Crippen LogP contribution in [0.3, 0.4) is 0 Å². The van der Waals surface area contributed by atoms with Gasteiger partial charge in [-0.1, -0.05) is 42.5 Å². The van der Waals surface area contributed by atoms with Gasteiger partial charge in [0.25, 0.3) is 5.91 Å². The number of rotatable bonds is 9. The zero-order valence-electron chi connectivity index (χ0n) is 15.9. The van der Waals surface area contributed by atoms with Gasteiger partial charge in [0.05, 0.1) is 7.11 Å². The van der Waals surface area contributed by atoms with E-state index in [4.69, 9.17) is 9.47 Å². The van der Waals surface area contributed by atoms with Gasteiger partial charge in [0, 0.05) is 17.9 Å². The number of para-hydroxylation sites is 2. The van der Waals surface area contributed by atoms with Crippen LogP contribution in [0.25, 0.3) is 0 Å². The molecule has 2 N–H and O–H groups in total. The highest BCUT2D eigenvalue weighted by atomic mass is 16.5. The van der Waals surface area contributed by atoms with E-state index in [1.54, 1.807) is 19.2 Å². The minimum absolute atomic E-state index is 0.0859. The minimum atomic E-state index is -0.226. The highest BCUT2D eigenvalue weighted by molar-refractivity contribution is 5.92. The predicted molar refractivity (Wildman–Crippen MR) is 112 cm³/mol. The SMILES string of the molecule is COc1ccccc1OCC(=O)Nc1ccc(NCCc2ccccc2)cc1. The number of anilines is 2. The van der Waals surface area contributed by atoms with Gasteiger partial charge in [0.15, 0.2) is 18.1 Å². The molecule has 144 valence electrons. The maximum absolute atomic E-state index is 12.1. The zero-order valence-corrected chi connectivity index (χ0v) is 15.9. The lowest BCUT2D eigenvalue weighted by Gasteiger charge is -2.11. The van der Waals surface area contributed by atoms with Gasteiger partial charge in [-0.2, -0.15) is 0 Å². The summed E-state index contributed by atoms with van der Waals surface area (Å²) in [4.78, 5) is 12.1. The van der Waals surface area contributed by atoms with Gasteiger partial charge < -0.3 is 20.1 Å². The van der Waals surface area contributed by atoms with E-state index < -0.39 is 0 Å². The van der Waals surface area contributed by atoms with Crippen molar-refractivity contribution in [2.24, 2.45) is 0 Å². The molecule has 0 aromatic heterocycles. The summed E-state index contributed by atoms with van der Waals surface area (Å²) < 4.78 is 10.7. The van der Waals surface area contributed by atoms with Gasteiger partial charge in [0.1, 0.15) is 0 Å². The molecule has 0 aliphatic carbocycles. The molecule has 0 aliphatic rings. The van der Waals surface area contributed by atoms with Crippen LogP contribution in [0.4, 0.5) is 11.4 Å². The molecule has 0 heterocycles. The standard InChI is InChI=1S/C23H24N2O3/c1-27-21-9-5-6-10-22(21)28-17-23(26)25-20-13-11-19(12-14-20)24-16-15-18-7-3-2-4-8-18/h2-14,24H,15-17H2,1H3,(H,25,26). The van der Waals surface area contributed by atoms with Crippen LogP contribution in [0.2, 0.25) is 0 Å². The number of carbonyl (C=O) groups excluding carboxylic acids is 1. The van der Waals surface area contributed by atoms with Gasteiger partial charge in [-0.05, 0) is 48.4 Å². The van der Waals surface area contributed by atoms with Crippen LogP contribution < -0.4 is 20.1 Å². The first-order valence-corrected chi connectivity index (χ1v) is 9.18. The number of hydrogen-bond donors (Lipinski definition) is 2. The number of hydrogen-bond acceptors (Lipinski definition) is 4. The van der Waals surface area contributed by atoms with Gasteiger partial charge >= 0.3 is 0 Å². The second-order valence-electron chi connectivity index (χ2n) is 6.23. The summed E-state index contributed by atoms with van der Waals surface area (Å²) in [5.41, 5.74) is 3.04. The molecule has 0 atom stereocenters. The van der Waals surface area contributed by atoms with Crippen LogP contribution in [0.1, 0.15) is 5.56 Å². The second kappa shape index (κ2) is 10.0. The van der Waals surface area contributed by atoms with E-state index in [1.807, 2.05) is 54.6 Å². The second-order valence-corrected chi connectivity index (χ2v) is 6.23. The van der Waals surface area contributed by atoms with Crippen LogP contribution in [-0.2, 0) is 11.2 Å². The van der Waals surface area contributed by atoms with Gasteiger partial charge in [0.2, 0.25) is 0 Å². The van der Waals surface area contributed by atoms with E-state index in [-0.39, 0.29) is 12.5 Å². The number of methoxy groups -OCH3 is 1. The molecule has 5 heteroatoms. The van der Waals surface area contributed by atoms with E-state index in [9.17, 15) is 4.79 Å². The van der Waals surface area contributed by atoms with Crippen molar-refractivity contribution in [2.45, 2.75) is 6.42 Å². The molecule has 0 aliphatic heterocycles. The molecule has 3 aromatic carbocycles. The highest BCUT2D eigenvalue weighted by Gasteiger charge is 2.07. The lowest BCUT2D eigenvalue weighted by molar-refractivity contribution is -0.118. The molecule has 0 unspecified atom stereocenters. The average molecular weight is 376 g/mol. The number of carbonyl (C=O) groups is 1. The Balaban J connectivity index is 1.43. The van der Waals surface area contributed by atoms with Crippen LogP contribution in [0.5, 0.6) is 11.5 Å². The molecule has 0 radical (unpaired) electrons. The smallest absolute Gasteiger partial charge is 0.262 e. The van der Waals surface area contributed by atoms with Crippen molar-refractivity contribution in [3.05, 3.63) is 84.4 Å². The van der Waals surface area contributed by atoms with Crippen LogP contribution >= 0.6 is 0 Å². The molecule has 28 heavy (non-hydrogen) atoms. The normalized spacial score (nSPS) is 10.2. The summed E-state index contributed by atoms with van der Waals surface area (Å²) in [6.45, 7) is 0.764. The summed E-state index contributed by atoms with van der Waals surface area (Å²) >= 11 is 0. The van der Waals surface area contributed by atoms with Crippen LogP contribution in [0.15, 0.2) is 78.9 Å². The Labute approximate surface area is 165 Å². The first-order valence-electron chi connectivity index (χ1n) is 9.18. The zero-order chi connectivity index (χ0) is 19.6. The molecular weight excluding hydrogens is 352 g/mol. The number of ether oxygens (including phenoxy) is 2. The average Bonchev–Trinajstić information content (AvgIpc) is 2.74. The summed E-state index contributed by atoms with van der Waals surface area (Å²) in [7, 11) is 1.57. The van der Waals surface area contributed by atoms with E-state index in [1.165, 1.54) is 5.56 Å². The molecular formula is C23H24N2O3.